The first-order chi connectivity index (χ1) is 15.4. The van der Waals surface area contributed by atoms with Gasteiger partial charge in [0.05, 0.1) is 17.7 Å². The Hall–Kier alpha value is -3.13. The Morgan fingerprint density at radius 2 is 1.82 bits per heavy atom. The van der Waals surface area contributed by atoms with Gasteiger partial charge in [0, 0.05) is 6.07 Å². The van der Waals surface area contributed by atoms with Crippen LogP contribution in [0.25, 0.3) is 0 Å². The SMILES string of the molecule is CCOC(=O)c1cc(Oc2cc(F)c(S(=O)(=O)Cc3ncns3)cc2F)cc(C(F)(F)F)c1. The maximum Gasteiger partial charge on any atom is 0.416 e. The summed E-state index contributed by atoms with van der Waals surface area (Å²) in [6.07, 6.45) is -3.78. The second kappa shape index (κ2) is 9.39. The minimum atomic E-state index is -4.88. The summed E-state index contributed by atoms with van der Waals surface area (Å²) >= 11 is 0.759. The summed E-state index contributed by atoms with van der Waals surface area (Å²) in [5.41, 5.74) is -1.82. The highest BCUT2D eigenvalue weighted by molar-refractivity contribution is 7.90. The van der Waals surface area contributed by atoms with E-state index in [1.54, 1.807) is 0 Å². The van der Waals surface area contributed by atoms with E-state index in [9.17, 15) is 35.2 Å². The number of sulfone groups is 1. The van der Waals surface area contributed by atoms with Gasteiger partial charge in [-0.25, -0.2) is 27.0 Å². The van der Waals surface area contributed by atoms with Crippen molar-refractivity contribution in [2.24, 2.45) is 0 Å². The van der Waals surface area contributed by atoms with E-state index in [-0.39, 0.29) is 11.6 Å². The second-order valence-electron chi connectivity index (χ2n) is 6.37. The number of rotatable bonds is 7. The van der Waals surface area contributed by atoms with Crippen LogP contribution in [0, 0.1) is 11.6 Å². The Morgan fingerprint density at radius 3 is 2.42 bits per heavy atom. The van der Waals surface area contributed by atoms with Gasteiger partial charge in [-0.1, -0.05) is 0 Å². The Bertz CT molecular complexity index is 1280. The van der Waals surface area contributed by atoms with Crippen molar-refractivity contribution in [3.63, 3.8) is 0 Å². The zero-order valence-electron chi connectivity index (χ0n) is 16.5. The highest BCUT2D eigenvalue weighted by Crippen LogP contribution is 2.36. The third kappa shape index (κ3) is 5.82. The molecule has 33 heavy (non-hydrogen) atoms. The fourth-order valence-electron chi connectivity index (χ4n) is 2.61. The lowest BCUT2D eigenvalue weighted by Gasteiger charge is -2.14. The Labute approximate surface area is 187 Å². The van der Waals surface area contributed by atoms with Gasteiger partial charge in [0.15, 0.2) is 21.4 Å². The van der Waals surface area contributed by atoms with Gasteiger partial charge in [0.1, 0.15) is 33.6 Å². The van der Waals surface area contributed by atoms with Gasteiger partial charge in [-0.05, 0) is 42.7 Å². The third-order valence-electron chi connectivity index (χ3n) is 4.01. The van der Waals surface area contributed by atoms with Gasteiger partial charge in [-0.2, -0.15) is 17.5 Å². The number of hydrogen-bond acceptors (Lipinski definition) is 8. The average molecular weight is 508 g/mol. The second-order valence-corrected chi connectivity index (χ2v) is 9.20. The topological polar surface area (TPSA) is 95.5 Å². The summed E-state index contributed by atoms with van der Waals surface area (Å²) in [7, 11) is -4.35. The Morgan fingerprint density at radius 1 is 1.09 bits per heavy atom. The van der Waals surface area contributed by atoms with Crippen molar-refractivity contribution < 1.29 is 44.6 Å². The predicted octanol–water partition coefficient (Wildman–Crippen LogP) is 4.78. The van der Waals surface area contributed by atoms with E-state index >= 15 is 0 Å². The maximum atomic E-state index is 14.5. The van der Waals surface area contributed by atoms with Crippen LogP contribution in [0.3, 0.4) is 0 Å². The summed E-state index contributed by atoms with van der Waals surface area (Å²) in [4.78, 5) is 14.6. The molecule has 0 amide bonds. The Kier molecular flexibility index (Phi) is 6.97. The molecule has 0 radical (unpaired) electrons. The molecule has 1 heterocycles. The van der Waals surface area contributed by atoms with Crippen LogP contribution in [0.5, 0.6) is 11.5 Å². The lowest BCUT2D eigenvalue weighted by molar-refractivity contribution is -0.137. The molecule has 0 fully saturated rings. The molecule has 176 valence electrons. The number of hydrogen-bond donors (Lipinski definition) is 0. The van der Waals surface area contributed by atoms with Crippen molar-refractivity contribution >= 4 is 27.3 Å². The van der Waals surface area contributed by atoms with Gasteiger partial charge in [-0.15, -0.1) is 0 Å². The summed E-state index contributed by atoms with van der Waals surface area (Å²) < 4.78 is 107. The number of esters is 1. The van der Waals surface area contributed by atoms with Crippen LogP contribution < -0.4 is 4.74 Å². The number of halogens is 5. The molecular formula is C19H13F5N2O5S2. The minimum Gasteiger partial charge on any atom is -0.462 e. The molecule has 0 bridgehead atoms. The number of benzene rings is 2. The first-order valence-corrected chi connectivity index (χ1v) is 11.4. The number of carbonyl (C=O) groups is 1. The molecule has 0 saturated carbocycles. The van der Waals surface area contributed by atoms with Gasteiger partial charge < -0.3 is 9.47 Å². The van der Waals surface area contributed by atoms with Crippen LogP contribution >= 0.6 is 11.5 Å². The van der Waals surface area contributed by atoms with E-state index in [4.69, 9.17) is 4.74 Å². The fourth-order valence-corrected chi connectivity index (χ4v) is 4.79. The van der Waals surface area contributed by atoms with E-state index in [0.717, 1.165) is 23.9 Å². The van der Waals surface area contributed by atoms with E-state index in [0.29, 0.717) is 24.3 Å². The van der Waals surface area contributed by atoms with Crippen LogP contribution in [-0.2, 0) is 26.5 Å². The van der Waals surface area contributed by atoms with Crippen molar-refractivity contribution in [3.05, 3.63) is 64.4 Å². The average Bonchev–Trinajstić information content (AvgIpc) is 3.22. The quantitative estimate of drug-likeness (QED) is 0.335. The monoisotopic (exact) mass is 508 g/mol. The molecule has 3 rings (SSSR count). The number of nitrogens with zero attached hydrogens (tertiary/aromatic N) is 2. The van der Waals surface area contributed by atoms with Crippen molar-refractivity contribution in [2.45, 2.75) is 23.7 Å². The zero-order chi connectivity index (χ0) is 24.4. The standard InChI is InChI=1S/C19H13F5N2O5S2/c1-2-30-18(27)10-3-11(19(22,23)24)5-12(4-10)31-15-6-14(21)16(7-13(15)20)33(28,29)8-17-25-9-26-32-17/h3-7,9H,2,8H2,1H3. The number of aromatic nitrogens is 2. The summed E-state index contributed by atoms with van der Waals surface area (Å²) in [6, 6.07) is 2.57. The molecular weight excluding hydrogens is 495 g/mol. The molecule has 14 heteroatoms. The first kappa shape index (κ1) is 24.5. The maximum absolute atomic E-state index is 14.5. The summed E-state index contributed by atoms with van der Waals surface area (Å²) in [5, 5.41) is 0.0468. The van der Waals surface area contributed by atoms with E-state index in [1.807, 2.05) is 0 Å². The van der Waals surface area contributed by atoms with Gasteiger partial charge in [0.2, 0.25) is 0 Å². The molecule has 0 atom stereocenters. The molecule has 3 aromatic rings. The number of carbonyl (C=O) groups excluding carboxylic acids is 1. The van der Waals surface area contributed by atoms with Crippen molar-refractivity contribution in [1.29, 1.82) is 0 Å². The molecule has 0 unspecified atom stereocenters. The summed E-state index contributed by atoms with van der Waals surface area (Å²) in [6.45, 7) is 1.33. The first-order valence-electron chi connectivity index (χ1n) is 8.95. The zero-order valence-corrected chi connectivity index (χ0v) is 18.2. The van der Waals surface area contributed by atoms with Crippen LogP contribution in [0.2, 0.25) is 0 Å². The predicted molar refractivity (Wildman–Crippen MR) is 105 cm³/mol. The number of ether oxygens (including phenoxy) is 2. The smallest absolute Gasteiger partial charge is 0.416 e. The molecule has 1 aromatic heterocycles. The Balaban J connectivity index is 1.97. The fraction of sp³-hybridized carbons (Fsp3) is 0.211. The molecule has 0 saturated heterocycles. The van der Waals surface area contributed by atoms with Crippen LogP contribution in [0.15, 0.2) is 41.6 Å². The molecule has 0 N–H and O–H groups in total. The molecule has 0 aliphatic carbocycles. The highest BCUT2D eigenvalue weighted by atomic mass is 32.2. The van der Waals surface area contributed by atoms with Gasteiger partial charge in [-0.3, -0.25) is 0 Å². The van der Waals surface area contributed by atoms with Crippen molar-refractivity contribution in [1.82, 2.24) is 9.36 Å². The van der Waals surface area contributed by atoms with Gasteiger partial charge in [0.25, 0.3) is 0 Å². The molecule has 0 spiro atoms. The molecule has 7 nitrogen and oxygen atoms in total. The lowest BCUT2D eigenvalue weighted by Crippen LogP contribution is -2.10. The minimum absolute atomic E-state index is 0.0468. The summed E-state index contributed by atoms with van der Waals surface area (Å²) in [5.74, 6) is -6.11. The van der Waals surface area contributed by atoms with E-state index < -0.39 is 66.9 Å². The van der Waals surface area contributed by atoms with Gasteiger partial charge >= 0.3 is 12.1 Å². The molecule has 0 aliphatic rings. The van der Waals surface area contributed by atoms with Crippen molar-refractivity contribution in [2.75, 3.05) is 6.61 Å². The van der Waals surface area contributed by atoms with E-state index in [1.165, 1.54) is 6.92 Å². The van der Waals surface area contributed by atoms with Crippen LogP contribution in [-0.4, -0.2) is 30.4 Å². The highest BCUT2D eigenvalue weighted by Gasteiger charge is 2.33. The molecule has 0 aliphatic heterocycles. The number of alkyl halides is 3. The molecule has 2 aromatic carbocycles. The van der Waals surface area contributed by atoms with Crippen molar-refractivity contribution in [3.8, 4) is 11.5 Å². The van der Waals surface area contributed by atoms with Crippen LogP contribution in [0.4, 0.5) is 22.0 Å². The van der Waals surface area contributed by atoms with Crippen LogP contribution in [0.1, 0.15) is 27.9 Å². The largest absolute Gasteiger partial charge is 0.462 e. The van der Waals surface area contributed by atoms with E-state index in [2.05, 4.69) is 14.1 Å². The normalized spacial score (nSPS) is 11.9. The lowest BCUT2D eigenvalue weighted by atomic mass is 10.1. The third-order valence-corrected chi connectivity index (χ3v) is 6.49.